The van der Waals surface area contributed by atoms with Gasteiger partial charge in [-0.15, -0.1) is 13.0 Å². The van der Waals surface area contributed by atoms with Gasteiger partial charge >= 0.3 is 0 Å². The molecule has 0 unspecified atom stereocenters. The molecule has 0 saturated heterocycles. The van der Waals surface area contributed by atoms with Gasteiger partial charge < -0.3 is 14.9 Å². The summed E-state index contributed by atoms with van der Waals surface area (Å²) in [6, 6.07) is 13.9. The van der Waals surface area contributed by atoms with Gasteiger partial charge in [0.05, 0.1) is 7.11 Å². The maximum atomic E-state index is 5.64. The lowest BCUT2D eigenvalue weighted by atomic mass is 10.1. The van der Waals surface area contributed by atoms with Crippen molar-refractivity contribution >= 4 is 5.69 Å². The van der Waals surface area contributed by atoms with Crippen molar-refractivity contribution in [3.63, 3.8) is 0 Å². The molecule has 0 heterocycles. The Morgan fingerprint density at radius 1 is 1.25 bits per heavy atom. The Hall–Kier alpha value is -2.90. The summed E-state index contributed by atoms with van der Waals surface area (Å²) in [5.41, 5.74) is 9.43. The fourth-order valence-electron chi connectivity index (χ4n) is 2.33. The molecular formula is C20H22N2O2. The highest BCUT2D eigenvalue weighted by Gasteiger charge is 2.12. The van der Waals surface area contributed by atoms with Crippen molar-refractivity contribution in [2.24, 2.45) is 0 Å². The molecule has 2 rings (SSSR count). The largest absolute Gasteiger partial charge is 0.493 e. The number of hydrogen-bond acceptors (Lipinski definition) is 4. The average molecular weight is 322 g/mol. The van der Waals surface area contributed by atoms with Crippen LogP contribution in [0.3, 0.4) is 0 Å². The quantitative estimate of drug-likeness (QED) is 0.421. The van der Waals surface area contributed by atoms with Crippen LogP contribution in [0.1, 0.15) is 11.1 Å². The number of allylic oxidation sites excluding steroid dienone is 1. The first-order chi connectivity index (χ1) is 11.8. The number of anilines is 1. The third-order valence-corrected chi connectivity index (χ3v) is 3.37. The van der Waals surface area contributed by atoms with Crippen LogP contribution >= 0.6 is 0 Å². The van der Waals surface area contributed by atoms with Crippen LogP contribution in [-0.4, -0.2) is 13.7 Å². The zero-order valence-corrected chi connectivity index (χ0v) is 13.8. The van der Waals surface area contributed by atoms with Gasteiger partial charge in [-0.25, -0.2) is 5.43 Å². The van der Waals surface area contributed by atoms with E-state index in [0.29, 0.717) is 24.5 Å². The van der Waals surface area contributed by atoms with Crippen molar-refractivity contribution in [1.82, 2.24) is 5.43 Å². The summed E-state index contributed by atoms with van der Waals surface area (Å²) < 4.78 is 11.1. The van der Waals surface area contributed by atoms with E-state index in [9.17, 15) is 0 Å². The molecule has 4 nitrogen and oxygen atoms in total. The molecule has 0 aliphatic carbocycles. The minimum atomic E-state index is 0.202. The lowest BCUT2D eigenvalue weighted by molar-refractivity contribution is 0.328. The first-order valence-corrected chi connectivity index (χ1v) is 7.69. The smallest absolute Gasteiger partial charge is 0.166 e. The van der Waals surface area contributed by atoms with Crippen LogP contribution in [0.5, 0.6) is 11.5 Å². The summed E-state index contributed by atoms with van der Waals surface area (Å²) in [5, 5.41) is 0. The Morgan fingerprint density at radius 2 is 2.04 bits per heavy atom. The van der Waals surface area contributed by atoms with Crippen LogP contribution < -0.4 is 20.3 Å². The van der Waals surface area contributed by atoms with Crippen molar-refractivity contribution in [3.8, 4) is 23.8 Å². The second kappa shape index (κ2) is 9.29. The third kappa shape index (κ3) is 4.80. The van der Waals surface area contributed by atoms with Crippen LogP contribution in [-0.2, 0) is 13.0 Å². The molecule has 2 N–H and O–H groups in total. The monoisotopic (exact) mass is 322 g/mol. The van der Waals surface area contributed by atoms with E-state index in [-0.39, 0.29) is 6.61 Å². The molecule has 0 radical (unpaired) electrons. The predicted octanol–water partition coefficient (Wildman–Crippen LogP) is 3.55. The lowest BCUT2D eigenvalue weighted by Crippen LogP contribution is -2.21. The Balaban J connectivity index is 2.13. The summed E-state index contributed by atoms with van der Waals surface area (Å²) in [7, 11) is 1.62. The maximum Gasteiger partial charge on any atom is 0.166 e. The van der Waals surface area contributed by atoms with Gasteiger partial charge in [-0.2, -0.15) is 0 Å². The van der Waals surface area contributed by atoms with Crippen LogP contribution in [0.2, 0.25) is 0 Å². The Labute approximate surface area is 143 Å². The second-order valence-electron chi connectivity index (χ2n) is 5.12. The lowest BCUT2D eigenvalue weighted by Gasteiger charge is -2.16. The summed E-state index contributed by atoms with van der Waals surface area (Å²) in [6.45, 7) is 4.63. The summed E-state index contributed by atoms with van der Waals surface area (Å²) in [5.74, 6) is 3.82. The van der Waals surface area contributed by atoms with Gasteiger partial charge in [0, 0.05) is 17.8 Å². The molecule has 0 fully saturated rings. The average Bonchev–Trinajstić information content (AvgIpc) is 2.61. The van der Waals surface area contributed by atoms with E-state index >= 15 is 0 Å². The summed E-state index contributed by atoms with van der Waals surface area (Å²) in [6.07, 6.45) is 7.80. The molecular weight excluding hydrogens is 300 g/mol. The first-order valence-electron chi connectivity index (χ1n) is 7.69. The van der Waals surface area contributed by atoms with Gasteiger partial charge in [0.1, 0.15) is 6.61 Å². The second-order valence-corrected chi connectivity index (χ2v) is 5.12. The van der Waals surface area contributed by atoms with Crippen molar-refractivity contribution in [2.75, 3.05) is 19.1 Å². The number of rotatable bonds is 9. The molecule has 24 heavy (non-hydrogen) atoms. The van der Waals surface area contributed by atoms with Crippen LogP contribution in [0.15, 0.2) is 55.1 Å². The Bertz CT molecular complexity index is 706. The van der Waals surface area contributed by atoms with Gasteiger partial charge in [0.2, 0.25) is 0 Å². The van der Waals surface area contributed by atoms with Crippen molar-refractivity contribution < 1.29 is 9.47 Å². The number of methoxy groups -OCH3 is 1. The fourth-order valence-corrected chi connectivity index (χ4v) is 2.33. The molecule has 2 aromatic carbocycles. The fraction of sp³-hybridized carbons (Fsp3) is 0.200. The molecule has 124 valence electrons. The number of benzene rings is 2. The normalized spacial score (nSPS) is 9.83. The minimum Gasteiger partial charge on any atom is -0.493 e. The van der Waals surface area contributed by atoms with Gasteiger partial charge in [-0.05, 0) is 30.2 Å². The third-order valence-electron chi connectivity index (χ3n) is 3.37. The predicted molar refractivity (Wildman–Crippen MR) is 98.1 cm³/mol. The molecule has 0 aromatic heterocycles. The standard InChI is InChI=1S/C20H22N2O2/c1-4-9-17-13-16(14-19(23-3)20(17)24-12-5-2)15-21-22-18-10-7-6-8-11-18/h2,4,6-8,10-11,13-14,21-22H,1,9,12,15H2,3H3. The summed E-state index contributed by atoms with van der Waals surface area (Å²) >= 11 is 0. The van der Waals surface area contributed by atoms with Crippen molar-refractivity contribution in [3.05, 3.63) is 66.2 Å². The van der Waals surface area contributed by atoms with E-state index in [1.165, 1.54) is 0 Å². The summed E-state index contributed by atoms with van der Waals surface area (Å²) in [4.78, 5) is 0. The van der Waals surface area contributed by atoms with Gasteiger partial charge in [0.25, 0.3) is 0 Å². The van der Waals surface area contributed by atoms with Crippen molar-refractivity contribution in [1.29, 1.82) is 0 Å². The minimum absolute atomic E-state index is 0.202. The van der Waals surface area contributed by atoms with Gasteiger partial charge in [-0.3, -0.25) is 0 Å². The SMILES string of the molecule is C#CCOc1c(CC=C)cc(CNNc2ccccc2)cc1OC. The van der Waals surface area contributed by atoms with E-state index in [1.54, 1.807) is 7.11 Å². The number of para-hydroxylation sites is 1. The topological polar surface area (TPSA) is 42.5 Å². The van der Waals surface area contributed by atoms with E-state index in [2.05, 4.69) is 29.4 Å². The highest BCUT2D eigenvalue weighted by molar-refractivity contribution is 5.50. The highest BCUT2D eigenvalue weighted by Crippen LogP contribution is 2.33. The van der Waals surface area contributed by atoms with Crippen LogP contribution in [0, 0.1) is 12.3 Å². The molecule has 0 aliphatic rings. The van der Waals surface area contributed by atoms with E-state index in [0.717, 1.165) is 16.8 Å². The molecule has 0 aliphatic heterocycles. The number of hydrogen-bond donors (Lipinski definition) is 2. The van der Waals surface area contributed by atoms with E-state index in [4.69, 9.17) is 15.9 Å². The molecule has 0 amide bonds. The number of nitrogens with one attached hydrogen (secondary N) is 2. The Kier molecular flexibility index (Phi) is 6.75. The molecule has 4 heteroatoms. The van der Waals surface area contributed by atoms with Crippen LogP contribution in [0.25, 0.3) is 0 Å². The number of ether oxygens (including phenoxy) is 2. The van der Waals surface area contributed by atoms with Gasteiger partial charge in [0.15, 0.2) is 11.5 Å². The molecule has 0 bridgehead atoms. The Morgan fingerprint density at radius 3 is 2.71 bits per heavy atom. The first kappa shape index (κ1) is 17.5. The molecule has 0 saturated carbocycles. The number of hydrazine groups is 1. The highest BCUT2D eigenvalue weighted by atomic mass is 16.5. The molecule has 0 spiro atoms. The zero-order chi connectivity index (χ0) is 17.2. The van der Waals surface area contributed by atoms with Crippen molar-refractivity contribution in [2.45, 2.75) is 13.0 Å². The van der Waals surface area contributed by atoms with Gasteiger partial charge in [-0.1, -0.05) is 36.3 Å². The van der Waals surface area contributed by atoms with E-state index in [1.807, 2.05) is 42.5 Å². The number of terminal acetylenes is 1. The molecule has 0 atom stereocenters. The molecule has 2 aromatic rings. The maximum absolute atomic E-state index is 5.64. The van der Waals surface area contributed by atoms with Crippen LogP contribution in [0.4, 0.5) is 5.69 Å². The van der Waals surface area contributed by atoms with E-state index < -0.39 is 0 Å². The zero-order valence-electron chi connectivity index (χ0n) is 13.8.